The van der Waals surface area contributed by atoms with Crippen LogP contribution in [0.5, 0.6) is 0 Å². The quantitative estimate of drug-likeness (QED) is 0.825. The minimum Gasteiger partial charge on any atom is -0.298 e. The molecule has 1 rings (SSSR count). The molecule has 0 saturated carbocycles. The van der Waals surface area contributed by atoms with Gasteiger partial charge in [0.25, 0.3) is 0 Å². The molecular formula is C14H20O2S. The monoisotopic (exact) mass is 252 g/mol. The number of carbonyl (C=O) groups excluding carboxylic acids is 1. The van der Waals surface area contributed by atoms with Crippen molar-refractivity contribution in [3.63, 3.8) is 0 Å². The fourth-order valence-corrected chi connectivity index (χ4v) is 2.78. The maximum absolute atomic E-state index is 11.9. The lowest BCUT2D eigenvalue weighted by Gasteiger charge is -2.15. The lowest BCUT2D eigenvalue weighted by molar-refractivity contribution is -0.123. The van der Waals surface area contributed by atoms with E-state index in [0.29, 0.717) is 5.75 Å². The third-order valence-electron chi connectivity index (χ3n) is 2.54. The van der Waals surface area contributed by atoms with Gasteiger partial charge in [-0.1, -0.05) is 50.6 Å². The zero-order chi connectivity index (χ0) is 13.1. The molecule has 17 heavy (non-hydrogen) atoms. The van der Waals surface area contributed by atoms with Gasteiger partial charge in [-0.3, -0.25) is 9.00 Å². The van der Waals surface area contributed by atoms with Gasteiger partial charge in [0, 0.05) is 22.0 Å². The van der Waals surface area contributed by atoms with Gasteiger partial charge in [0.05, 0.1) is 5.75 Å². The average molecular weight is 252 g/mol. The Morgan fingerprint density at radius 3 is 2.47 bits per heavy atom. The summed E-state index contributed by atoms with van der Waals surface area (Å²) in [6.07, 6.45) is 0. The van der Waals surface area contributed by atoms with Crippen molar-refractivity contribution in [1.82, 2.24) is 0 Å². The smallest absolute Gasteiger partial charge is 0.150 e. The Hall–Kier alpha value is -0.960. The second-order valence-corrected chi connectivity index (χ2v) is 6.85. The highest BCUT2D eigenvalue weighted by molar-refractivity contribution is 7.84. The molecule has 0 fully saturated rings. The molecule has 1 atom stereocenters. The Kier molecular flexibility index (Phi) is 4.63. The molecule has 3 heteroatoms. The molecule has 0 heterocycles. The van der Waals surface area contributed by atoms with E-state index in [1.165, 1.54) is 0 Å². The molecule has 0 radical (unpaired) electrons. The fourth-order valence-electron chi connectivity index (χ4n) is 1.40. The van der Waals surface area contributed by atoms with Crippen LogP contribution < -0.4 is 0 Å². The van der Waals surface area contributed by atoms with Crippen LogP contribution in [0.15, 0.2) is 24.3 Å². The number of aryl methyl sites for hydroxylation is 1. The average Bonchev–Trinajstić information content (AvgIpc) is 2.15. The highest BCUT2D eigenvalue weighted by atomic mass is 32.2. The molecule has 0 N–H and O–H groups in total. The van der Waals surface area contributed by atoms with E-state index >= 15 is 0 Å². The van der Waals surface area contributed by atoms with Crippen LogP contribution in [0, 0.1) is 12.3 Å². The van der Waals surface area contributed by atoms with Crippen LogP contribution in [0.4, 0.5) is 0 Å². The third kappa shape index (κ3) is 4.82. The number of hydrogen-bond donors (Lipinski definition) is 0. The van der Waals surface area contributed by atoms with E-state index < -0.39 is 16.2 Å². The molecule has 94 valence electrons. The van der Waals surface area contributed by atoms with Crippen LogP contribution in [-0.2, 0) is 21.3 Å². The predicted molar refractivity (Wildman–Crippen MR) is 72.4 cm³/mol. The highest BCUT2D eigenvalue weighted by Crippen LogP contribution is 2.16. The minimum atomic E-state index is -1.11. The van der Waals surface area contributed by atoms with E-state index in [-0.39, 0.29) is 11.5 Å². The van der Waals surface area contributed by atoms with Crippen LogP contribution >= 0.6 is 0 Å². The van der Waals surface area contributed by atoms with Crippen molar-refractivity contribution in [1.29, 1.82) is 0 Å². The van der Waals surface area contributed by atoms with Crippen molar-refractivity contribution < 1.29 is 9.00 Å². The first-order chi connectivity index (χ1) is 7.79. The Morgan fingerprint density at radius 1 is 1.29 bits per heavy atom. The van der Waals surface area contributed by atoms with Crippen LogP contribution in [0.1, 0.15) is 31.9 Å². The van der Waals surface area contributed by atoms with Crippen molar-refractivity contribution >= 4 is 16.6 Å². The van der Waals surface area contributed by atoms with Crippen molar-refractivity contribution in [2.75, 3.05) is 5.75 Å². The number of ketones is 1. The van der Waals surface area contributed by atoms with Crippen LogP contribution in [-0.4, -0.2) is 15.7 Å². The Morgan fingerprint density at radius 2 is 1.94 bits per heavy atom. The van der Waals surface area contributed by atoms with Crippen molar-refractivity contribution in [2.45, 2.75) is 33.4 Å². The largest absolute Gasteiger partial charge is 0.298 e. The molecular weight excluding hydrogens is 232 g/mol. The second-order valence-electron chi connectivity index (χ2n) is 5.39. The Labute approximate surface area is 106 Å². The normalized spacial score (nSPS) is 13.4. The molecule has 0 aliphatic rings. The summed E-state index contributed by atoms with van der Waals surface area (Å²) in [7, 11) is -1.11. The molecule has 0 spiro atoms. The van der Waals surface area contributed by atoms with E-state index in [4.69, 9.17) is 0 Å². The fraction of sp³-hybridized carbons (Fsp3) is 0.500. The summed E-state index contributed by atoms with van der Waals surface area (Å²) >= 11 is 0. The molecule has 1 aromatic carbocycles. The van der Waals surface area contributed by atoms with Crippen LogP contribution in [0.2, 0.25) is 0 Å². The molecule has 0 amide bonds. The molecule has 0 bridgehead atoms. The molecule has 2 nitrogen and oxygen atoms in total. The van der Waals surface area contributed by atoms with E-state index in [1.54, 1.807) is 0 Å². The summed E-state index contributed by atoms with van der Waals surface area (Å²) in [5.41, 5.74) is 1.79. The zero-order valence-electron chi connectivity index (χ0n) is 10.9. The maximum Gasteiger partial charge on any atom is 0.150 e. The first-order valence-corrected chi connectivity index (χ1v) is 7.21. The van der Waals surface area contributed by atoms with E-state index in [2.05, 4.69) is 0 Å². The lowest BCUT2D eigenvalue weighted by Crippen LogP contribution is -2.26. The Bertz CT molecular complexity index is 430. The van der Waals surface area contributed by atoms with Crippen LogP contribution in [0.3, 0.4) is 0 Å². The molecule has 0 saturated heterocycles. The first kappa shape index (κ1) is 14.1. The Balaban J connectivity index is 2.59. The van der Waals surface area contributed by atoms with Gasteiger partial charge >= 0.3 is 0 Å². The van der Waals surface area contributed by atoms with Crippen molar-refractivity contribution in [2.24, 2.45) is 5.41 Å². The van der Waals surface area contributed by atoms with Crippen LogP contribution in [0.25, 0.3) is 0 Å². The first-order valence-electron chi connectivity index (χ1n) is 5.73. The van der Waals surface area contributed by atoms with Gasteiger partial charge in [0.2, 0.25) is 0 Å². The molecule has 0 aliphatic carbocycles. The highest BCUT2D eigenvalue weighted by Gasteiger charge is 2.22. The predicted octanol–water partition coefficient (Wildman–Crippen LogP) is 2.86. The number of Topliss-reactive ketones (excluding diaryl/α,β-unsaturated/α-hetero) is 1. The lowest BCUT2D eigenvalue weighted by atomic mass is 9.92. The third-order valence-corrected chi connectivity index (χ3v) is 3.78. The molecule has 0 aromatic heterocycles. The van der Waals surface area contributed by atoms with Gasteiger partial charge in [-0.2, -0.15) is 0 Å². The van der Waals surface area contributed by atoms with Gasteiger partial charge < -0.3 is 0 Å². The zero-order valence-corrected chi connectivity index (χ0v) is 11.8. The number of carbonyl (C=O) groups is 1. The van der Waals surface area contributed by atoms with Gasteiger partial charge in [-0.05, 0) is 12.5 Å². The number of hydrogen-bond acceptors (Lipinski definition) is 2. The number of rotatable bonds is 4. The summed E-state index contributed by atoms with van der Waals surface area (Å²) in [6, 6.07) is 7.92. The van der Waals surface area contributed by atoms with Crippen molar-refractivity contribution in [3.8, 4) is 0 Å². The maximum atomic E-state index is 11.9. The topological polar surface area (TPSA) is 34.1 Å². The molecule has 1 aromatic rings. The van der Waals surface area contributed by atoms with E-state index in [1.807, 2.05) is 52.0 Å². The minimum absolute atomic E-state index is 0.0588. The van der Waals surface area contributed by atoms with Gasteiger partial charge in [0.15, 0.2) is 5.78 Å². The van der Waals surface area contributed by atoms with Gasteiger partial charge in [-0.15, -0.1) is 0 Å². The summed E-state index contributed by atoms with van der Waals surface area (Å²) in [4.78, 5) is 11.7. The molecule has 1 unspecified atom stereocenters. The standard InChI is InChI=1S/C14H20O2S/c1-11-6-5-7-12(8-11)9-17(16)10-13(15)14(2,3)4/h5-8H,9-10H2,1-4H3. The van der Waals surface area contributed by atoms with E-state index in [9.17, 15) is 9.00 Å². The van der Waals surface area contributed by atoms with E-state index in [0.717, 1.165) is 11.1 Å². The van der Waals surface area contributed by atoms with Gasteiger partial charge in [-0.25, -0.2) is 0 Å². The summed E-state index contributed by atoms with van der Waals surface area (Å²) in [5.74, 6) is 0.671. The number of benzene rings is 1. The summed E-state index contributed by atoms with van der Waals surface area (Å²) in [5, 5.41) is 0. The van der Waals surface area contributed by atoms with Crippen molar-refractivity contribution in [3.05, 3.63) is 35.4 Å². The molecule has 0 aliphatic heterocycles. The summed E-state index contributed by atoms with van der Waals surface area (Å²) < 4.78 is 11.9. The SMILES string of the molecule is Cc1cccc(CS(=O)CC(=O)C(C)(C)C)c1. The second kappa shape index (κ2) is 5.58. The summed E-state index contributed by atoms with van der Waals surface area (Å²) in [6.45, 7) is 7.59. The van der Waals surface area contributed by atoms with Gasteiger partial charge in [0.1, 0.15) is 0 Å².